The minimum Gasteiger partial charge on any atom is -0.350 e. The van der Waals surface area contributed by atoms with E-state index in [1.807, 2.05) is 51.1 Å². The molecule has 0 fully saturated rings. The summed E-state index contributed by atoms with van der Waals surface area (Å²) in [6, 6.07) is 14.1. The van der Waals surface area contributed by atoms with Crippen molar-refractivity contribution in [3.05, 3.63) is 59.2 Å². The van der Waals surface area contributed by atoms with Gasteiger partial charge in [0.1, 0.15) is 0 Å². The largest absolute Gasteiger partial charge is 0.350 e. The summed E-state index contributed by atoms with van der Waals surface area (Å²) in [6.45, 7) is 5.81. The van der Waals surface area contributed by atoms with Crippen LogP contribution >= 0.6 is 0 Å². The Hall–Kier alpha value is -2.62. The second-order valence-electron chi connectivity index (χ2n) is 7.67. The quantitative estimate of drug-likeness (QED) is 0.798. The third-order valence-corrected chi connectivity index (χ3v) is 4.28. The number of hydrogen-bond donors (Lipinski definition) is 1. The third-order valence-electron chi connectivity index (χ3n) is 4.28. The van der Waals surface area contributed by atoms with Gasteiger partial charge in [0.15, 0.2) is 0 Å². The maximum Gasteiger partial charge on any atom is 0.254 e. The van der Waals surface area contributed by atoms with E-state index in [2.05, 4.69) is 17.4 Å². The fraction of sp³-hybridized carbons (Fsp3) is 0.333. The van der Waals surface area contributed by atoms with Gasteiger partial charge in [0.25, 0.3) is 5.91 Å². The maximum absolute atomic E-state index is 12.7. The smallest absolute Gasteiger partial charge is 0.254 e. The summed E-state index contributed by atoms with van der Waals surface area (Å²) >= 11 is 0. The summed E-state index contributed by atoms with van der Waals surface area (Å²) < 4.78 is 0. The van der Waals surface area contributed by atoms with E-state index in [4.69, 9.17) is 0 Å². The summed E-state index contributed by atoms with van der Waals surface area (Å²) in [5, 5.41) is 2.88. The van der Waals surface area contributed by atoms with Gasteiger partial charge in [-0.1, -0.05) is 30.3 Å². The molecule has 1 aliphatic carbocycles. The van der Waals surface area contributed by atoms with Crippen molar-refractivity contribution in [2.75, 3.05) is 13.6 Å². The predicted octanol–water partition coefficient (Wildman–Crippen LogP) is 3.24. The molecule has 0 saturated carbocycles. The lowest BCUT2D eigenvalue weighted by molar-refractivity contribution is -0.122. The van der Waals surface area contributed by atoms with Crippen LogP contribution in [0.5, 0.6) is 0 Å². The number of hydrogen-bond acceptors (Lipinski definition) is 2. The van der Waals surface area contributed by atoms with Gasteiger partial charge in [-0.15, -0.1) is 0 Å². The van der Waals surface area contributed by atoms with E-state index in [0.717, 1.165) is 6.42 Å². The molecular formula is C21H24N2O2. The molecular weight excluding hydrogens is 312 g/mol. The third kappa shape index (κ3) is 3.73. The number of likely N-dealkylation sites (N-methyl/N-ethyl adjacent to an activating group) is 1. The summed E-state index contributed by atoms with van der Waals surface area (Å²) in [7, 11) is 1.66. The molecule has 0 aliphatic heterocycles. The number of fused-ring (bicyclic) bond motifs is 3. The zero-order valence-electron chi connectivity index (χ0n) is 15.2. The van der Waals surface area contributed by atoms with Crippen LogP contribution in [0.2, 0.25) is 0 Å². The molecule has 0 aromatic heterocycles. The first kappa shape index (κ1) is 17.2. The number of nitrogens with one attached hydrogen (secondary N) is 1. The molecule has 0 spiro atoms. The summed E-state index contributed by atoms with van der Waals surface area (Å²) in [5.41, 5.74) is 5.22. The highest BCUT2D eigenvalue weighted by atomic mass is 16.2. The van der Waals surface area contributed by atoms with Crippen LogP contribution in [-0.2, 0) is 11.2 Å². The molecule has 0 bridgehead atoms. The van der Waals surface area contributed by atoms with Gasteiger partial charge >= 0.3 is 0 Å². The first-order chi connectivity index (χ1) is 11.7. The molecule has 1 aliphatic rings. The Labute approximate surface area is 148 Å². The first-order valence-corrected chi connectivity index (χ1v) is 8.52. The van der Waals surface area contributed by atoms with Crippen molar-refractivity contribution in [3.8, 4) is 11.1 Å². The van der Waals surface area contributed by atoms with Crippen molar-refractivity contribution < 1.29 is 9.59 Å². The van der Waals surface area contributed by atoms with E-state index in [9.17, 15) is 9.59 Å². The van der Waals surface area contributed by atoms with Gasteiger partial charge in [0, 0.05) is 18.2 Å². The van der Waals surface area contributed by atoms with Crippen molar-refractivity contribution in [1.82, 2.24) is 10.2 Å². The highest BCUT2D eigenvalue weighted by Gasteiger charge is 2.22. The second kappa shape index (κ2) is 6.36. The Morgan fingerprint density at radius 2 is 1.72 bits per heavy atom. The van der Waals surface area contributed by atoms with Crippen LogP contribution in [0.4, 0.5) is 0 Å². The number of nitrogens with zero attached hydrogens (tertiary/aromatic N) is 1. The van der Waals surface area contributed by atoms with Crippen molar-refractivity contribution in [2.45, 2.75) is 32.7 Å². The fourth-order valence-corrected chi connectivity index (χ4v) is 3.24. The Morgan fingerprint density at radius 3 is 2.44 bits per heavy atom. The SMILES string of the molecule is CN(CC(=O)NC(C)(C)C)C(=O)c1ccc2c(c1)Cc1ccccc1-2. The van der Waals surface area contributed by atoms with Gasteiger partial charge in [-0.2, -0.15) is 0 Å². The monoisotopic (exact) mass is 336 g/mol. The molecule has 25 heavy (non-hydrogen) atoms. The average molecular weight is 336 g/mol. The molecule has 130 valence electrons. The summed E-state index contributed by atoms with van der Waals surface area (Å²) in [4.78, 5) is 26.2. The van der Waals surface area contributed by atoms with E-state index >= 15 is 0 Å². The van der Waals surface area contributed by atoms with E-state index in [1.54, 1.807) is 7.05 Å². The molecule has 2 aromatic rings. The number of amides is 2. The van der Waals surface area contributed by atoms with Crippen molar-refractivity contribution >= 4 is 11.8 Å². The molecule has 4 nitrogen and oxygen atoms in total. The molecule has 1 N–H and O–H groups in total. The molecule has 2 amide bonds. The predicted molar refractivity (Wildman–Crippen MR) is 99.5 cm³/mol. The lowest BCUT2D eigenvalue weighted by Gasteiger charge is -2.23. The zero-order chi connectivity index (χ0) is 18.2. The normalized spacial score (nSPS) is 12.3. The maximum atomic E-state index is 12.7. The van der Waals surface area contributed by atoms with Crippen LogP contribution < -0.4 is 5.32 Å². The van der Waals surface area contributed by atoms with Crippen LogP contribution in [0.3, 0.4) is 0 Å². The van der Waals surface area contributed by atoms with Gasteiger partial charge < -0.3 is 10.2 Å². The zero-order valence-corrected chi connectivity index (χ0v) is 15.2. The van der Waals surface area contributed by atoms with E-state index in [0.29, 0.717) is 5.56 Å². The topological polar surface area (TPSA) is 49.4 Å². The van der Waals surface area contributed by atoms with E-state index in [-0.39, 0.29) is 23.9 Å². The van der Waals surface area contributed by atoms with Crippen molar-refractivity contribution in [2.24, 2.45) is 0 Å². The summed E-state index contributed by atoms with van der Waals surface area (Å²) in [5.74, 6) is -0.292. The van der Waals surface area contributed by atoms with Crippen LogP contribution in [0.25, 0.3) is 11.1 Å². The van der Waals surface area contributed by atoms with E-state index in [1.165, 1.54) is 27.2 Å². The summed E-state index contributed by atoms with van der Waals surface area (Å²) in [6.07, 6.45) is 0.848. The van der Waals surface area contributed by atoms with Gasteiger partial charge in [-0.05, 0) is 61.6 Å². The number of rotatable bonds is 3. The van der Waals surface area contributed by atoms with Crippen LogP contribution in [0, 0.1) is 0 Å². The standard InChI is InChI=1S/C21H24N2O2/c1-21(2,3)22-19(24)13-23(4)20(25)15-9-10-18-16(12-15)11-14-7-5-6-8-17(14)18/h5-10,12H,11,13H2,1-4H3,(H,22,24). The van der Waals surface area contributed by atoms with Gasteiger partial charge in [0.05, 0.1) is 6.54 Å². The minimum absolute atomic E-state index is 0.0490. The Balaban J connectivity index is 1.74. The van der Waals surface area contributed by atoms with E-state index < -0.39 is 0 Å². The number of carbonyl (C=O) groups excluding carboxylic acids is 2. The van der Waals surface area contributed by atoms with Gasteiger partial charge in [-0.25, -0.2) is 0 Å². The lowest BCUT2D eigenvalue weighted by atomic mass is 10.0. The lowest BCUT2D eigenvalue weighted by Crippen LogP contribution is -2.46. The number of carbonyl (C=O) groups is 2. The van der Waals surface area contributed by atoms with Crippen LogP contribution in [-0.4, -0.2) is 35.8 Å². The molecule has 0 atom stereocenters. The van der Waals surface area contributed by atoms with Gasteiger partial charge in [0.2, 0.25) is 5.91 Å². The molecule has 4 heteroatoms. The van der Waals surface area contributed by atoms with Crippen molar-refractivity contribution in [3.63, 3.8) is 0 Å². The molecule has 2 aromatic carbocycles. The highest BCUT2D eigenvalue weighted by molar-refractivity contribution is 5.97. The average Bonchev–Trinajstić information content (AvgIpc) is 2.89. The molecule has 0 heterocycles. The molecule has 0 radical (unpaired) electrons. The second-order valence-corrected chi connectivity index (χ2v) is 7.67. The highest BCUT2D eigenvalue weighted by Crippen LogP contribution is 2.36. The number of benzene rings is 2. The van der Waals surface area contributed by atoms with Crippen LogP contribution in [0.1, 0.15) is 42.3 Å². The van der Waals surface area contributed by atoms with Crippen molar-refractivity contribution in [1.29, 1.82) is 0 Å². The van der Waals surface area contributed by atoms with Gasteiger partial charge in [-0.3, -0.25) is 9.59 Å². The minimum atomic E-state index is -0.305. The van der Waals surface area contributed by atoms with Crippen LogP contribution in [0.15, 0.2) is 42.5 Å². The molecule has 3 rings (SSSR count). The fourth-order valence-electron chi connectivity index (χ4n) is 3.24. The Morgan fingerprint density at radius 1 is 1.04 bits per heavy atom. The molecule has 0 saturated heterocycles. The Kier molecular flexibility index (Phi) is 4.38. The first-order valence-electron chi connectivity index (χ1n) is 8.52. The molecule has 0 unspecified atom stereocenters. The Bertz CT molecular complexity index is 834.